The van der Waals surface area contributed by atoms with Crippen LogP contribution in [0.1, 0.15) is 129 Å². The molecule has 0 radical (unpaired) electrons. The van der Waals surface area contributed by atoms with Gasteiger partial charge in [0.05, 0.1) is 25.3 Å². The Hall–Kier alpha value is -9.12. The van der Waals surface area contributed by atoms with E-state index in [9.17, 15) is 87.5 Å². The number of nitrogens with zero attached hydrogens (tertiary/aromatic N) is 4. The molecule has 568 valence electrons. The van der Waals surface area contributed by atoms with Crippen LogP contribution in [0.5, 0.6) is 0 Å². The molecule has 4 heterocycles. The second kappa shape index (κ2) is 43.5. The zero-order chi connectivity index (χ0) is 74.9. The minimum absolute atomic E-state index is 0.00966. The molecule has 4 aliphatic heterocycles. The predicted molar refractivity (Wildman–Crippen MR) is 356 cm³/mol. The standard InChI is InChI=1S/C61H104N20O20/c1-34(82)48(52(90)72-36(13-3-5-21-62)54(92)80-27-11-19-42(80)56(94)78-25-9-17-40(78)50(88)74-38(58(96)97)15-7-23-68-60(64)65)76-44(84)29-70-46(86)31-100-33-101-32-47(87)71-30-45(85)77-49(35(2)83)53(91)73-37(14-4-6-22-63)55(93)81-28-12-20-43(81)57(95)79-26-10-18-41(79)51(89)75-39(59(98)99)16-8-24-69-61(66)67/h34-43,48-49,82-83H,3-33,62-63H2,1-2H3,(H,70,86)(H,71,87)(H,72,90)(H,73,91)(H,74,88)(H,75,89)(H,76,84)(H,77,85)(H,96,97)(H,98,99)(H4,64,65,68)(H4,66,67,69)/t34?,35?,36-,37-,38-,39+,40?,41?,42-,43-,48?,49?/m0/s1. The van der Waals surface area contributed by atoms with E-state index in [1.165, 1.54) is 33.4 Å². The van der Waals surface area contributed by atoms with Crippen molar-refractivity contribution >= 4 is 94.7 Å². The van der Waals surface area contributed by atoms with Gasteiger partial charge < -0.3 is 126 Å². The normalized spacial score (nSPS) is 19.5. The molecule has 101 heavy (non-hydrogen) atoms. The number of carbonyl (C=O) groups is 14. The highest BCUT2D eigenvalue weighted by atomic mass is 16.7. The SMILES string of the molecule is CC(O)C(NC(=O)CNC(=O)COCOCC(=O)NCC(=O)NC(C(=O)N[C@@H](CCCCN)C(=O)N1CCC[C@H]1C(=O)N1CCCC1C(=O)N[C@H](CCCNC(=N)N)C(=O)O)C(C)O)C(=O)N[C@@H](CCCCN)C(=O)N1CCC[C@H]1C(=O)N1CCCC1C(=O)N[C@@H](CCCNC(=N)N)C(=O)O. The summed E-state index contributed by atoms with van der Waals surface area (Å²) < 4.78 is 10.2. The lowest BCUT2D eigenvalue weighted by molar-refractivity contribution is -0.149. The molecular formula is C61H104N20O20. The molecule has 0 aliphatic carbocycles. The van der Waals surface area contributed by atoms with E-state index in [1.807, 2.05) is 0 Å². The quantitative estimate of drug-likeness (QED) is 0.0117. The Morgan fingerprint density at radius 2 is 0.782 bits per heavy atom. The molecule has 24 N–H and O–H groups in total. The van der Waals surface area contributed by atoms with Crippen LogP contribution in [0.4, 0.5) is 0 Å². The number of amides is 12. The van der Waals surface area contributed by atoms with Crippen molar-refractivity contribution in [1.29, 1.82) is 10.8 Å². The van der Waals surface area contributed by atoms with E-state index in [4.69, 9.17) is 43.2 Å². The summed E-state index contributed by atoms with van der Waals surface area (Å²) in [5.41, 5.74) is 22.0. The van der Waals surface area contributed by atoms with Crippen LogP contribution in [0.15, 0.2) is 0 Å². The summed E-state index contributed by atoms with van der Waals surface area (Å²) in [7, 11) is 0. The minimum atomic E-state index is -1.65. The van der Waals surface area contributed by atoms with Gasteiger partial charge in [-0.2, -0.15) is 0 Å². The van der Waals surface area contributed by atoms with Crippen LogP contribution in [0, 0.1) is 10.8 Å². The molecule has 4 fully saturated rings. The van der Waals surface area contributed by atoms with Crippen LogP contribution in [0.25, 0.3) is 0 Å². The maximum Gasteiger partial charge on any atom is 0.326 e. The molecule has 4 aliphatic rings. The number of hydrogen-bond acceptors (Lipinski definition) is 22. The summed E-state index contributed by atoms with van der Waals surface area (Å²) in [5.74, 6) is -12.5. The molecular weight excluding hydrogens is 1330 g/mol. The Balaban J connectivity index is 1.22. The van der Waals surface area contributed by atoms with Crippen molar-refractivity contribution in [3.05, 3.63) is 0 Å². The van der Waals surface area contributed by atoms with Crippen LogP contribution >= 0.6 is 0 Å². The van der Waals surface area contributed by atoms with Gasteiger partial charge in [-0.15, -0.1) is 0 Å². The van der Waals surface area contributed by atoms with E-state index in [1.54, 1.807) is 0 Å². The predicted octanol–water partition coefficient (Wildman–Crippen LogP) is -8.20. The van der Waals surface area contributed by atoms with Crippen molar-refractivity contribution in [2.45, 2.75) is 202 Å². The van der Waals surface area contributed by atoms with Gasteiger partial charge in [0.15, 0.2) is 11.9 Å². The summed E-state index contributed by atoms with van der Waals surface area (Å²) in [6, 6.07) is -12.5. The van der Waals surface area contributed by atoms with E-state index in [-0.39, 0.29) is 128 Å². The van der Waals surface area contributed by atoms with Gasteiger partial charge in [0.25, 0.3) is 0 Å². The molecule has 12 atom stereocenters. The number of rotatable bonds is 44. The maximum atomic E-state index is 14.3. The van der Waals surface area contributed by atoms with Crippen molar-refractivity contribution in [2.75, 3.05) is 85.5 Å². The van der Waals surface area contributed by atoms with Crippen molar-refractivity contribution < 1.29 is 97.0 Å². The molecule has 40 nitrogen and oxygen atoms in total. The number of likely N-dealkylation sites (tertiary alicyclic amines) is 4. The Labute approximate surface area is 584 Å². The number of carbonyl (C=O) groups excluding carboxylic acids is 12. The zero-order valence-corrected chi connectivity index (χ0v) is 57.3. The molecule has 0 bridgehead atoms. The highest BCUT2D eigenvalue weighted by Crippen LogP contribution is 2.29. The number of guanidine groups is 2. The van der Waals surface area contributed by atoms with Crippen molar-refractivity contribution in [1.82, 2.24) is 72.8 Å². The second-order valence-corrected chi connectivity index (χ2v) is 25.2. The van der Waals surface area contributed by atoms with Crippen molar-refractivity contribution in [2.24, 2.45) is 22.9 Å². The maximum absolute atomic E-state index is 14.3. The topological polar surface area (TPSA) is 623 Å². The Bertz CT molecular complexity index is 2710. The first-order valence-corrected chi connectivity index (χ1v) is 34.1. The second-order valence-electron chi connectivity index (χ2n) is 25.2. The summed E-state index contributed by atoms with van der Waals surface area (Å²) in [6.45, 7) is 0.320. The van der Waals surface area contributed by atoms with E-state index in [0.717, 1.165) is 0 Å². The fraction of sp³-hybridized carbons (Fsp3) is 0.738. The lowest BCUT2D eigenvalue weighted by atomic mass is 10.0. The third-order valence-corrected chi connectivity index (χ3v) is 17.3. The molecule has 0 saturated carbocycles. The number of unbranched alkanes of at least 4 members (excludes halogenated alkanes) is 2. The number of nitrogens with two attached hydrogens (primary N) is 4. The summed E-state index contributed by atoms with van der Waals surface area (Å²) in [6.07, 6.45) is 1.70. The fourth-order valence-electron chi connectivity index (χ4n) is 12.1. The number of ether oxygens (including phenoxy) is 2. The Kier molecular flexibility index (Phi) is 36.3. The van der Waals surface area contributed by atoms with E-state index >= 15 is 0 Å². The van der Waals surface area contributed by atoms with E-state index in [2.05, 4.69) is 53.2 Å². The summed E-state index contributed by atoms with van der Waals surface area (Å²) in [4.78, 5) is 192. The highest BCUT2D eigenvalue weighted by molar-refractivity contribution is 5.99. The van der Waals surface area contributed by atoms with Crippen LogP contribution in [-0.4, -0.2) is 293 Å². The molecule has 12 amide bonds. The Morgan fingerprint density at radius 1 is 0.446 bits per heavy atom. The van der Waals surface area contributed by atoms with Crippen LogP contribution in [-0.2, 0) is 76.6 Å². The lowest BCUT2D eigenvalue weighted by Gasteiger charge is -2.33. The van der Waals surface area contributed by atoms with Crippen molar-refractivity contribution in [3.63, 3.8) is 0 Å². The first-order valence-electron chi connectivity index (χ1n) is 34.1. The summed E-state index contributed by atoms with van der Waals surface area (Å²) in [5, 5.41) is 79.9. The van der Waals surface area contributed by atoms with Crippen LogP contribution < -0.4 is 76.1 Å². The van der Waals surface area contributed by atoms with Crippen LogP contribution in [0.2, 0.25) is 0 Å². The minimum Gasteiger partial charge on any atom is -0.480 e. The van der Waals surface area contributed by atoms with Gasteiger partial charge in [-0.3, -0.25) is 68.4 Å². The molecule has 0 spiro atoms. The molecule has 0 aromatic rings. The molecule has 0 aromatic carbocycles. The highest BCUT2D eigenvalue weighted by Gasteiger charge is 2.47. The van der Waals surface area contributed by atoms with E-state index < -0.39 is 189 Å². The molecule has 4 saturated heterocycles. The monoisotopic (exact) mass is 1440 g/mol. The zero-order valence-electron chi connectivity index (χ0n) is 57.3. The lowest BCUT2D eigenvalue weighted by Crippen LogP contribution is -2.60. The number of aliphatic hydroxyl groups is 2. The average molecular weight is 1440 g/mol. The Morgan fingerprint density at radius 3 is 1.11 bits per heavy atom. The number of nitrogens with one attached hydrogen (secondary N) is 12. The smallest absolute Gasteiger partial charge is 0.326 e. The number of aliphatic carboxylic acids is 2. The number of carboxylic acid groups (broad SMARTS) is 2. The molecule has 4 rings (SSSR count). The largest absolute Gasteiger partial charge is 0.480 e. The fourth-order valence-corrected chi connectivity index (χ4v) is 12.1. The molecule has 40 heteroatoms. The first kappa shape index (κ1) is 84.3. The third kappa shape index (κ3) is 27.7. The number of carboxylic acids is 2. The van der Waals surface area contributed by atoms with Gasteiger partial charge in [-0.25, -0.2) is 9.59 Å². The third-order valence-electron chi connectivity index (χ3n) is 17.3. The van der Waals surface area contributed by atoms with Gasteiger partial charge >= 0.3 is 11.9 Å². The van der Waals surface area contributed by atoms with Crippen LogP contribution in [0.3, 0.4) is 0 Å². The molecule has 0 aromatic heterocycles. The van der Waals surface area contributed by atoms with E-state index in [0.29, 0.717) is 51.4 Å². The van der Waals surface area contributed by atoms with Gasteiger partial charge in [-0.1, -0.05) is 0 Å². The number of hydrogen-bond donors (Lipinski definition) is 20. The number of aliphatic hydroxyl groups excluding tert-OH is 2. The summed E-state index contributed by atoms with van der Waals surface area (Å²) >= 11 is 0. The first-order chi connectivity index (χ1) is 48.0. The van der Waals surface area contributed by atoms with Gasteiger partial charge in [0, 0.05) is 39.3 Å². The van der Waals surface area contributed by atoms with Crippen molar-refractivity contribution in [3.8, 4) is 0 Å². The van der Waals surface area contributed by atoms with Gasteiger partial charge in [-0.05, 0) is 143 Å². The average Bonchev–Trinajstić information content (AvgIpc) is 1.68. The van der Waals surface area contributed by atoms with Gasteiger partial charge in [0.1, 0.15) is 80.4 Å². The molecule has 6 unspecified atom stereocenters. The van der Waals surface area contributed by atoms with Gasteiger partial charge in [0.2, 0.25) is 70.9 Å².